The van der Waals surface area contributed by atoms with E-state index >= 15 is 0 Å². The van der Waals surface area contributed by atoms with E-state index in [9.17, 15) is 9.59 Å². The molecule has 2 heterocycles. The van der Waals surface area contributed by atoms with E-state index < -0.39 is 0 Å². The molecule has 0 aliphatic carbocycles. The molecular weight excluding hydrogens is 549 g/mol. The molecule has 1 N–H and O–H groups in total. The van der Waals surface area contributed by atoms with Crippen molar-refractivity contribution in [3.05, 3.63) is 70.9 Å². The highest BCUT2D eigenvalue weighted by Gasteiger charge is 2.17. The van der Waals surface area contributed by atoms with Crippen LogP contribution in [0.2, 0.25) is 0 Å². The quantitative estimate of drug-likeness (QED) is 0.171. The van der Waals surface area contributed by atoms with Crippen LogP contribution in [0.3, 0.4) is 0 Å². The van der Waals surface area contributed by atoms with Gasteiger partial charge in [0.05, 0.1) is 22.8 Å². The molecule has 2 aromatic heterocycles. The largest absolute Gasteiger partial charge is 0.350 e. The lowest BCUT2D eigenvalue weighted by molar-refractivity contribution is -0.132. The Bertz CT molecular complexity index is 1420. The number of amides is 2. The number of benzene rings is 2. The summed E-state index contributed by atoms with van der Waals surface area (Å²) in [6, 6.07) is 17.1. The van der Waals surface area contributed by atoms with Gasteiger partial charge in [0.25, 0.3) is 0 Å². The Morgan fingerprint density at radius 2 is 1.24 bits per heavy atom. The molecule has 0 aliphatic heterocycles. The molecule has 216 valence electrons. The first-order valence-electron chi connectivity index (χ1n) is 14.4. The van der Waals surface area contributed by atoms with Gasteiger partial charge in [0.2, 0.25) is 11.8 Å². The van der Waals surface area contributed by atoms with E-state index in [4.69, 9.17) is 0 Å². The molecule has 2 aromatic carbocycles. The minimum Gasteiger partial charge on any atom is -0.350 e. The number of thiazole rings is 2. The molecule has 41 heavy (non-hydrogen) atoms. The third-order valence-corrected chi connectivity index (χ3v) is 8.64. The molecule has 6 nitrogen and oxygen atoms in total. The van der Waals surface area contributed by atoms with Crippen LogP contribution in [0.15, 0.2) is 60.9 Å². The maximum atomic E-state index is 12.7. The van der Waals surface area contributed by atoms with Crippen LogP contribution in [0.1, 0.15) is 63.9 Å². The Balaban J connectivity index is 1.37. The number of nitrogens with one attached hydrogen (secondary N) is 1. The van der Waals surface area contributed by atoms with Gasteiger partial charge in [-0.2, -0.15) is 0 Å². The molecule has 4 rings (SSSR count). The van der Waals surface area contributed by atoms with Crippen molar-refractivity contribution >= 4 is 34.5 Å². The summed E-state index contributed by atoms with van der Waals surface area (Å²) < 4.78 is 0. The van der Waals surface area contributed by atoms with Crippen molar-refractivity contribution in [3.63, 3.8) is 0 Å². The standard InChI is InChI=1S/C33H40N4O2S2/c1-6-15-37(33(39)17-23(4)5)21-32-36-19-29(41-32)27-13-9-25(10-14-27)24-7-11-26(12-8-24)28-18-35-31(40-28)20-34-30(38)16-22(2)3/h7-14,18-19,22-23H,6,15-17,20-21H2,1-5H3,(H,34,38). The predicted molar refractivity (Wildman–Crippen MR) is 171 cm³/mol. The molecule has 0 unspecified atom stereocenters. The van der Waals surface area contributed by atoms with Gasteiger partial charge in [-0.1, -0.05) is 83.1 Å². The lowest BCUT2D eigenvalue weighted by Gasteiger charge is -2.22. The molecule has 0 aliphatic rings. The summed E-state index contributed by atoms with van der Waals surface area (Å²) in [5.41, 5.74) is 4.54. The maximum absolute atomic E-state index is 12.7. The van der Waals surface area contributed by atoms with E-state index in [2.05, 4.69) is 84.6 Å². The van der Waals surface area contributed by atoms with E-state index in [-0.39, 0.29) is 11.8 Å². The molecule has 0 spiro atoms. The first-order chi connectivity index (χ1) is 19.7. The summed E-state index contributed by atoms with van der Waals surface area (Å²) in [5, 5.41) is 4.83. The molecule has 8 heteroatoms. The lowest BCUT2D eigenvalue weighted by atomic mass is 10.0. The molecule has 0 saturated carbocycles. The second-order valence-corrected chi connectivity index (χ2v) is 13.4. The van der Waals surface area contributed by atoms with Gasteiger partial charge < -0.3 is 10.2 Å². The fourth-order valence-corrected chi connectivity index (χ4v) is 6.32. The summed E-state index contributed by atoms with van der Waals surface area (Å²) in [6.07, 6.45) is 5.84. The van der Waals surface area contributed by atoms with Gasteiger partial charge >= 0.3 is 0 Å². The number of nitrogens with zero attached hydrogens (tertiary/aromatic N) is 3. The highest BCUT2D eigenvalue weighted by atomic mass is 32.1. The molecule has 0 radical (unpaired) electrons. The molecule has 0 bridgehead atoms. The monoisotopic (exact) mass is 588 g/mol. The predicted octanol–water partition coefficient (Wildman–Crippen LogP) is 8.05. The topological polar surface area (TPSA) is 75.2 Å². The summed E-state index contributed by atoms with van der Waals surface area (Å²) in [4.78, 5) is 37.9. The van der Waals surface area contributed by atoms with Crippen molar-refractivity contribution in [3.8, 4) is 32.0 Å². The van der Waals surface area contributed by atoms with Gasteiger partial charge in [0.15, 0.2) is 0 Å². The van der Waals surface area contributed by atoms with Crippen molar-refractivity contribution in [2.24, 2.45) is 11.8 Å². The maximum Gasteiger partial charge on any atom is 0.223 e. The molecule has 0 fully saturated rings. The highest BCUT2D eigenvalue weighted by Crippen LogP contribution is 2.32. The first-order valence-corrected chi connectivity index (χ1v) is 16.0. The zero-order valence-corrected chi connectivity index (χ0v) is 26.3. The van der Waals surface area contributed by atoms with E-state index in [0.29, 0.717) is 37.8 Å². The molecular formula is C33H40N4O2S2. The minimum absolute atomic E-state index is 0.0649. The first kappa shape index (κ1) is 30.6. The number of aromatic nitrogens is 2. The number of carbonyl (C=O) groups is 2. The molecule has 4 aromatic rings. The van der Waals surface area contributed by atoms with Crippen LogP contribution >= 0.6 is 22.7 Å². The van der Waals surface area contributed by atoms with Crippen molar-refractivity contribution < 1.29 is 9.59 Å². The highest BCUT2D eigenvalue weighted by molar-refractivity contribution is 7.15. The molecule has 0 atom stereocenters. The van der Waals surface area contributed by atoms with Crippen LogP contribution in [0.5, 0.6) is 0 Å². The number of carbonyl (C=O) groups excluding carboxylic acids is 2. The van der Waals surface area contributed by atoms with Crippen LogP contribution in [-0.2, 0) is 22.7 Å². The van der Waals surface area contributed by atoms with Crippen LogP contribution in [0, 0.1) is 11.8 Å². The Hall–Kier alpha value is -3.36. The zero-order chi connectivity index (χ0) is 29.4. The Labute approximate surface area is 251 Å². The summed E-state index contributed by atoms with van der Waals surface area (Å²) in [5.74, 6) is 0.964. The number of hydrogen-bond acceptors (Lipinski definition) is 6. The normalized spacial score (nSPS) is 11.3. The Morgan fingerprint density at radius 1 is 0.756 bits per heavy atom. The average Bonchev–Trinajstić information content (AvgIpc) is 3.61. The van der Waals surface area contributed by atoms with Crippen LogP contribution in [0.4, 0.5) is 0 Å². The molecule has 0 saturated heterocycles. The van der Waals surface area contributed by atoms with Crippen molar-refractivity contribution in [1.29, 1.82) is 0 Å². The van der Waals surface area contributed by atoms with Crippen LogP contribution < -0.4 is 5.32 Å². The summed E-state index contributed by atoms with van der Waals surface area (Å²) in [7, 11) is 0. The van der Waals surface area contributed by atoms with Gasteiger partial charge in [-0.3, -0.25) is 9.59 Å². The second-order valence-electron chi connectivity index (χ2n) is 11.2. The lowest BCUT2D eigenvalue weighted by Crippen LogP contribution is -2.31. The third-order valence-electron chi connectivity index (χ3n) is 6.56. The zero-order valence-electron chi connectivity index (χ0n) is 24.6. The van der Waals surface area contributed by atoms with Crippen LogP contribution in [-0.4, -0.2) is 33.2 Å². The fraction of sp³-hybridized carbons (Fsp3) is 0.394. The Kier molecular flexibility index (Phi) is 10.8. The van der Waals surface area contributed by atoms with Gasteiger partial charge in [0.1, 0.15) is 10.0 Å². The summed E-state index contributed by atoms with van der Waals surface area (Å²) >= 11 is 3.26. The number of hydrogen-bond donors (Lipinski definition) is 1. The molecule has 2 amide bonds. The average molecular weight is 589 g/mol. The van der Waals surface area contributed by atoms with Crippen molar-refractivity contribution in [2.75, 3.05) is 6.54 Å². The van der Waals surface area contributed by atoms with Crippen molar-refractivity contribution in [2.45, 2.75) is 67.0 Å². The smallest absolute Gasteiger partial charge is 0.223 e. The van der Waals surface area contributed by atoms with Gasteiger partial charge in [-0.15, -0.1) is 22.7 Å². The SMILES string of the molecule is CCCN(Cc1ncc(-c2ccc(-c3ccc(-c4cnc(CNC(=O)CC(C)C)s4)cc3)cc2)s1)C(=O)CC(C)C. The number of rotatable bonds is 13. The van der Waals surface area contributed by atoms with Gasteiger partial charge in [-0.25, -0.2) is 9.97 Å². The van der Waals surface area contributed by atoms with E-state index in [1.165, 1.54) is 0 Å². The third kappa shape index (κ3) is 8.81. The van der Waals surface area contributed by atoms with E-state index in [1.807, 2.05) is 31.1 Å². The van der Waals surface area contributed by atoms with Gasteiger partial charge in [0, 0.05) is 31.8 Å². The second kappa shape index (κ2) is 14.5. The fourth-order valence-electron chi connectivity index (χ4n) is 4.52. The van der Waals surface area contributed by atoms with Crippen LogP contribution in [0.25, 0.3) is 32.0 Å². The van der Waals surface area contributed by atoms with E-state index in [1.54, 1.807) is 22.7 Å². The minimum atomic E-state index is 0.0649. The van der Waals surface area contributed by atoms with Gasteiger partial charge in [-0.05, 0) is 40.5 Å². The van der Waals surface area contributed by atoms with Crippen molar-refractivity contribution in [1.82, 2.24) is 20.2 Å². The Morgan fingerprint density at radius 3 is 1.76 bits per heavy atom. The summed E-state index contributed by atoms with van der Waals surface area (Å²) in [6.45, 7) is 12.1. The van der Waals surface area contributed by atoms with E-state index in [0.717, 1.165) is 55.0 Å².